The second-order valence-corrected chi connectivity index (χ2v) is 6.99. The third-order valence-corrected chi connectivity index (χ3v) is 4.69. The molecule has 1 aliphatic rings. The first-order valence-electron chi connectivity index (χ1n) is 7.75. The number of rotatable bonds is 5. The highest BCUT2D eigenvalue weighted by molar-refractivity contribution is 7.09. The van der Waals surface area contributed by atoms with E-state index >= 15 is 0 Å². The molecule has 1 fully saturated rings. The quantitative estimate of drug-likeness (QED) is 0.744. The summed E-state index contributed by atoms with van der Waals surface area (Å²) >= 11 is 1.45. The Morgan fingerprint density at radius 2 is 2.05 bits per heavy atom. The van der Waals surface area contributed by atoms with Gasteiger partial charge in [-0.2, -0.15) is 4.37 Å². The molecule has 0 unspecified atom stereocenters. The normalized spacial score (nSPS) is 16.3. The van der Waals surface area contributed by atoms with Crippen molar-refractivity contribution in [2.24, 2.45) is 5.92 Å². The predicted octanol–water partition coefficient (Wildman–Crippen LogP) is 4.10. The average Bonchev–Trinajstić information content (AvgIpc) is 3.10. The fraction of sp³-hybridized carbons (Fsp3) is 0.438. The van der Waals surface area contributed by atoms with Gasteiger partial charge in [-0.05, 0) is 30.9 Å². The summed E-state index contributed by atoms with van der Waals surface area (Å²) in [5.41, 5.74) is 2.07. The molecule has 0 amide bonds. The van der Waals surface area contributed by atoms with Crippen molar-refractivity contribution in [3.63, 3.8) is 0 Å². The molecule has 22 heavy (non-hydrogen) atoms. The zero-order chi connectivity index (χ0) is 15.1. The van der Waals surface area contributed by atoms with E-state index in [2.05, 4.69) is 39.6 Å². The number of hydrogen-bond acceptors (Lipinski definition) is 5. The van der Waals surface area contributed by atoms with Gasteiger partial charge in [0.1, 0.15) is 11.6 Å². The molecule has 2 N–H and O–H groups in total. The molecular weight excluding hydrogens is 294 g/mol. The molecule has 2 aromatic heterocycles. The number of nitrogens with one attached hydrogen (secondary N) is 2. The van der Waals surface area contributed by atoms with Crippen molar-refractivity contribution in [1.29, 1.82) is 0 Å². The van der Waals surface area contributed by atoms with Gasteiger partial charge in [-0.15, -0.1) is 0 Å². The van der Waals surface area contributed by atoms with Gasteiger partial charge in [-0.1, -0.05) is 26.0 Å². The van der Waals surface area contributed by atoms with Crippen LogP contribution in [-0.4, -0.2) is 19.3 Å². The van der Waals surface area contributed by atoms with Crippen LogP contribution in [0.1, 0.15) is 50.3 Å². The number of nitrogens with zero attached hydrogens (tertiary/aromatic N) is 3. The third kappa shape index (κ3) is 2.59. The molecule has 0 aliphatic heterocycles. The van der Waals surface area contributed by atoms with Crippen molar-refractivity contribution < 1.29 is 0 Å². The lowest BCUT2D eigenvalue weighted by Crippen LogP contribution is -2.18. The Hall–Kier alpha value is -1.95. The Labute approximate surface area is 133 Å². The van der Waals surface area contributed by atoms with Gasteiger partial charge in [0.15, 0.2) is 0 Å². The maximum Gasteiger partial charge on any atom is 0.203 e. The monoisotopic (exact) mass is 313 g/mol. The number of H-pyrrole nitrogens is 1. The molecular formula is C16H19N5S. The van der Waals surface area contributed by atoms with Crippen LogP contribution in [0.15, 0.2) is 24.3 Å². The van der Waals surface area contributed by atoms with Crippen LogP contribution in [0.5, 0.6) is 0 Å². The highest BCUT2D eigenvalue weighted by Gasteiger charge is 2.28. The number of aromatic amines is 1. The van der Waals surface area contributed by atoms with Gasteiger partial charge in [0.25, 0.3) is 0 Å². The highest BCUT2D eigenvalue weighted by atomic mass is 32.1. The minimum Gasteiger partial charge on any atom is -0.350 e. The molecule has 5 nitrogen and oxygen atoms in total. The van der Waals surface area contributed by atoms with E-state index in [0.717, 1.165) is 27.8 Å². The summed E-state index contributed by atoms with van der Waals surface area (Å²) in [4.78, 5) is 12.8. The Morgan fingerprint density at radius 1 is 1.23 bits per heavy atom. The standard InChI is InChI=1S/C16H19N5S/c1-9(2)13(15-17-11-5-3-4-6-12(11)18-15)19-16-20-14(21-22-16)10-7-8-10/h3-6,9-10,13H,7-8H2,1-2H3,(H,17,18)(H,19,20,21)/t13-/m1/s1. The lowest BCUT2D eigenvalue weighted by molar-refractivity contribution is 0.526. The van der Waals surface area contributed by atoms with Crippen LogP contribution in [0.4, 0.5) is 5.13 Å². The van der Waals surface area contributed by atoms with E-state index in [-0.39, 0.29) is 6.04 Å². The average molecular weight is 313 g/mol. The summed E-state index contributed by atoms with van der Waals surface area (Å²) in [7, 11) is 0. The first-order chi connectivity index (χ1) is 10.7. The molecule has 2 heterocycles. The third-order valence-electron chi connectivity index (χ3n) is 4.03. The SMILES string of the molecule is CC(C)[C@@H](Nc1nc(C2CC2)ns1)c1nc2ccccc2[nH]1. The molecule has 1 saturated carbocycles. The molecule has 1 aromatic carbocycles. The largest absolute Gasteiger partial charge is 0.350 e. The van der Waals surface area contributed by atoms with Gasteiger partial charge >= 0.3 is 0 Å². The summed E-state index contributed by atoms with van der Waals surface area (Å²) in [6.45, 7) is 4.38. The topological polar surface area (TPSA) is 66.5 Å². The molecule has 1 aliphatic carbocycles. The maximum absolute atomic E-state index is 4.72. The summed E-state index contributed by atoms with van der Waals surface area (Å²) in [6, 6.07) is 8.22. The van der Waals surface area contributed by atoms with E-state index in [4.69, 9.17) is 4.98 Å². The molecule has 114 valence electrons. The maximum atomic E-state index is 4.72. The van der Waals surface area contributed by atoms with Crippen LogP contribution in [0.2, 0.25) is 0 Å². The van der Waals surface area contributed by atoms with E-state index in [1.807, 2.05) is 18.2 Å². The zero-order valence-corrected chi connectivity index (χ0v) is 13.5. The van der Waals surface area contributed by atoms with Crippen LogP contribution in [0, 0.1) is 5.92 Å². The lowest BCUT2D eigenvalue weighted by Gasteiger charge is -2.19. The van der Waals surface area contributed by atoms with Crippen molar-refractivity contribution in [2.45, 2.75) is 38.6 Å². The second kappa shape index (κ2) is 5.35. The Balaban J connectivity index is 1.61. The molecule has 0 saturated heterocycles. The molecule has 0 spiro atoms. The van der Waals surface area contributed by atoms with Gasteiger partial charge in [0, 0.05) is 17.5 Å². The molecule has 4 rings (SSSR count). The fourth-order valence-corrected chi connectivity index (χ4v) is 3.29. The molecule has 0 radical (unpaired) electrons. The van der Waals surface area contributed by atoms with Crippen molar-refractivity contribution in [1.82, 2.24) is 19.3 Å². The lowest BCUT2D eigenvalue weighted by atomic mass is 10.0. The number of benzene rings is 1. The van der Waals surface area contributed by atoms with E-state index < -0.39 is 0 Å². The van der Waals surface area contributed by atoms with Gasteiger partial charge in [0.05, 0.1) is 17.1 Å². The number of aromatic nitrogens is 4. The van der Waals surface area contributed by atoms with Crippen molar-refractivity contribution in [2.75, 3.05) is 5.32 Å². The van der Waals surface area contributed by atoms with Crippen molar-refractivity contribution in [3.8, 4) is 0 Å². The van der Waals surface area contributed by atoms with E-state index in [1.165, 1.54) is 24.4 Å². The first kappa shape index (κ1) is 13.7. The summed E-state index contributed by atoms with van der Waals surface area (Å²) in [5.74, 6) is 2.95. The number of hydrogen-bond donors (Lipinski definition) is 2. The zero-order valence-electron chi connectivity index (χ0n) is 12.7. The predicted molar refractivity (Wildman–Crippen MR) is 89.2 cm³/mol. The number of fused-ring (bicyclic) bond motifs is 1. The van der Waals surface area contributed by atoms with Gasteiger partial charge < -0.3 is 10.3 Å². The summed E-state index contributed by atoms with van der Waals surface area (Å²) < 4.78 is 4.46. The van der Waals surface area contributed by atoms with Crippen molar-refractivity contribution >= 4 is 27.7 Å². The Bertz CT molecular complexity index is 754. The minimum absolute atomic E-state index is 0.104. The summed E-state index contributed by atoms with van der Waals surface area (Å²) in [6.07, 6.45) is 2.46. The van der Waals surface area contributed by atoms with Gasteiger partial charge in [0.2, 0.25) is 5.13 Å². The molecule has 1 atom stereocenters. The fourth-order valence-electron chi connectivity index (χ4n) is 2.60. The van der Waals surface area contributed by atoms with Crippen LogP contribution in [0.3, 0.4) is 0 Å². The van der Waals surface area contributed by atoms with E-state index in [9.17, 15) is 0 Å². The van der Waals surface area contributed by atoms with E-state index in [1.54, 1.807) is 0 Å². The van der Waals surface area contributed by atoms with E-state index in [0.29, 0.717) is 11.8 Å². The number of imidazole rings is 1. The van der Waals surface area contributed by atoms with Crippen LogP contribution in [-0.2, 0) is 0 Å². The minimum atomic E-state index is 0.104. The first-order valence-corrected chi connectivity index (χ1v) is 8.53. The Morgan fingerprint density at radius 3 is 2.77 bits per heavy atom. The Kier molecular flexibility index (Phi) is 3.33. The van der Waals surface area contributed by atoms with Crippen LogP contribution >= 0.6 is 11.5 Å². The number of anilines is 1. The van der Waals surface area contributed by atoms with Crippen LogP contribution in [0.25, 0.3) is 11.0 Å². The molecule has 3 aromatic rings. The highest BCUT2D eigenvalue weighted by Crippen LogP contribution is 2.39. The smallest absolute Gasteiger partial charge is 0.203 e. The van der Waals surface area contributed by atoms with Gasteiger partial charge in [-0.3, -0.25) is 0 Å². The molecule has 0 bridgehead atoms. The van der Waals surface area contributed by atoms with Crippen LogP contribution < -0.4 is 5.32 Å². The second-order valence-electron chi connectivity index (χ2n) is 6.24. The molecule has 6 heteroatoms. The van der Waals surface area contributed by atoms with Crippen molar-refractivity contribution in [3.05, 3.63) is 35.9 Å². The number of para-hydroxylation sites is 2. The summed E-state index contributed by atoms with van der Waals surface area (Å²) in [5, 5.41) is 4.40. The van der Waals surface area contributed by atoms with Gasteiger partial charge in [-0.25, -0.2) is 9.97 Å².